The second kappa shape index (κ2) is 4.43. The molecule has 1 aliphatic heterocycles. The van der Waals surface area contributed by atoms with Crippen molar-refractivity contribution in [2.45, 2.75) is 31.8 Å². The minimum absolute atomic E-state index is 0.0897. The summed E-state index contributed by atoms with van der Waals surface area (Å²) in [6.45, 7) is 1.67. The highest BCUT2D eigenvalue weighted by Gasteiger charge is 2.48. The van der Waals surface area contributed by atoms with Gasteiger partial charge in [0.2, 0.25) is 0 Å². The van der Waals surface area contributed by atoms with Crippen LogP contribution in [0.25, 0.3) is 0 Å². The quantitative estimate of drug-likeness (QED) is 0.807. The van der Waals surface area contributed by atoms with Crippen LogP contribution >= 0.6 is 0 Å². The molecule has 0 bridgehead atoms. The van der Waals surface area contributed by atoms with E-state index in [4.69, 9.17) is 9.15 Å². The predicted molar refractivity (Wildman–Crippen MR) is 66.3 cm³/mol. The summed E-state index contributed by atoms with van der Waals surface area (Å²) in [5, 5.41) is 0. The van der Waals surface area contributed by atoms with Crippen LogP contribution in [0.2, 0.25) is 0 Å². The lowest BCUT2D eigenvalue weighted by molar-refractivity contribution is -0.116. The monoisotopic (exact) mass is 249 g/mol. The molecule has 1 aromatic rings. The molecule has 1 amide bonds. The van der Waals surface area contributed by atoms with Gasteiger partial charge in [-0.15, -0.1) is 0 Å². The summed E-state index contributed by atoms with van der Waals surface area (Å²) in [6.07, 6.45) is 8.03. The van der Waals surface area contributed by atoms with Gasteiger partial charge in [0.25, 0.3) is 5.91 Å². The predicted octanol–water partition coefficient (Wildman–Crippen LogP) is 2.31. The fourth-order valence-corrected chi connectivity index (χ4v) is 3.33. The number of rotatable bonds is 2. The van der Waals surface area contributed by atoms with E-state index >= 15 is 0 Å². The maximum Gasteiger partial charge on any atom is 0.257 e. The molecule has 0 N–H and O–H groups in total. The number of furan rings is 1. The fraction of sp³-hybridized carbons (Fsp3) is 0.643. The molecule has 2 aliphatic rings. The van der Waals surface area contributed by atoms with Gasteiger partial charge >= 0.3 is 0 Å². The number of carbonyl (C=O) groups is 1. The Morgan fingerprint density at radius 3 is 2.72 bits per heavy atom. The highest BCUT2D eigenvalue weighted by Crippen LogP contribution is 2.50. The Labute approximate surface area is 107 Å². The van der Waals surface area contributed by atoms with E-state index in [1.54, 1.807) is 19.4 Å². The topological polar surface area (TPSA) is 42.7 Å². The molecule has 1 saturated heterocycles. The molecular weight excluding hydrogens is 230 g/mol. The Balaban J connectivity index is 1.62. The Kier molecular flexibility index (Phi) is 2.90. The lowest BCUT2D eigenvalue weighted by Gasteiger charge is -2.53. The smallest absolute Gasteiger partial charge is 0.257 e. The summed E-state index contributed by atoms with van der Waals surface area (Å²) in [6, 6.07) is 1.73. The highest BCUT2D eigenvalue weighted by molar-refractivity contribution is 5.93. The highest BCUT2D eigenvalue weighted by atomic mass is 16.5. The SMILES string of the molecule is COC1CCC12CCN(C(=O)c1ccoc1)CC2. The van der Waals surface area contributed by atoms with Crippen molar-refractivity contribution >= 4 is 5.91 Å². The molecule has 1 atom stereocenters. The molecule has 1 aliphatic carbocycles. The van der Waals surface area contributed by atoms with Gasteiger partial charge in [-0.2, -0.15) is 0 Å². The normalized spacial score (nSPS) is 26.1. The van der Waals surface area contributed by atoms with Crippen molar-refractivity contribution in [3.8, 4) is 0 Å². The second-order valence-electron chi connectivity index (χ2n) is 5.43. The van der Waals surface area contributed by atoms with E-state index in [0.717, 1.165) is 25.9 Å². The van der Waals surface area contributed by atoms with Crippen LogP contribution in [0.4, 0.5) is 0 Å². The molecule has 1 aromatic heterocycles. The summed E-state index contributed by atoms with van der Waals surface area (Å²) in [7, 11) is 1.80. The largest absolute Gasteiger partial charge is 0.472 e. The van der Waals surface area contributed by atoms with Crippen molar-refractivity contribution in [3.63, 3.8) is 0 Å². The first-order valence-electron chi connectivity index (χ1n) is 6.59. The van der Waals surface area contributed by atoms with Crippen molar-refractivity contribution in [2.75, 3.05) is 20.2 Å². The molecular formula is C14H19NO3. The van der Waals surface area contributed by atoms with Crippen LogP contribution in [0, 0.1) is 5.41 Å². The Bertz CT molecular complexity index is 416. The maximum atomic E-state index is 12.2. The zero-order valence-corrected chi connectivity index (χ0v) is 10.7. The standard InChI is InChI=1S/C14H19NO3/c1-17-12-2-4-14(12)5-7-15(8-6-14)13(16)11-3-9-18-10-11/h3,9-10,12H,2,4-8H2,1H3. The van der Waals surface area contributed by atoms with Crippen LogP contribution in [0.1, 0.15) is 36.0 Å². The third-order valence-electron chi connectivity index (χ3n) is 4.69. The molecule has 0 radical (unpaired) electrons. The van der Waals surface area contributed by atoms with Crippen molar-refractivity contribution in [3.05, 3.63) is 24.2 Å². The van der Waals surface area contributed by atoms with E-state index in [1.807, 2.05) is 4.90 Å². The van der Waals surface area contributed by atoms with Gasteiger partial charge in [-0.05, 0) is 31.7 Å². The molecule has 2 heterocycles. The van der Waals surface area contributed by atoms with Gasteiger partial charge in [-0.25, -0.2) is 0 Å². The number of methoxy groups -OCH3 is 1. The number of carbonyl (C=O) groups excluding carboxylic acids is 1. The molecule has 4 nitrogen and oxygen atoms in total. The van der Waals surface area contributed by atoms with E-state index in [2.05, 4.69) is 0 Å². The van der Waals surface area contributed by atoms with Crippen molar-refractivity contribution < 1.29 is 13.9 Å². The first kappa shape index (κ1) is 11.8. The maximum absolute atomic E-state index is 12.2. The molecule has 98 valence electrons. The number of piperidine rings is 1. The zero-order valence-electron chi connectivity index (χ0n) is 10.7. The van der Waals surface area contributed by atoms with E-state index in [-0.39, 0.29) is 5.91 Å². The van der Waals surface area contributed by atoms with Crippen molar-refractivity contribution in [1.29, 1.82) is 0 Å². The Morgan fingerprint density at radius 1 is 1.44 bits per heavy atom. The lowest BCUT2D eigenvalue weighted by Crippen LogP contribution is -2.53. The number of likely N-dealkylation sites (tertiary alicyclic amines) is 1. The molecule has 1 unspecified atom stereocenters. The van der Waals surface area contributed by atoms with Crippen LogP contribution in [0.15, 0.2) is 23.0 Å². The van der Waals surface area contributed by atoms with E-state index in [1.165, 1.54) is 19.1 Å². The van der Waals surface area contributed by atoms with E-state index < -0.39 is 0 Å². The average Bonchev–Trinajstić information content (AvgIpc) is 2.91. The number of hydrogen-bond donors (Lipinski definition) is 0. The number of hydrogen-bond acceptors (Lipinski definition) is 3. The Morgan fingerprint density at radius 2 is 2.22 bits per heavy atom. The molecule has 2 fully saturated rings. The zero-order chi connectivity index (χ0) is 12.6. The summed E-state index contributed by atoms with van der Waals surface area (Å²) in [4.78, 5) is 14.1. The van der Waals surface area contributed by atoms with Gasteiger partial charge in [-0.1, -0.05) is 0 Å². The average molecular weight is 249 g/mol. The Hall–Kier alpha value is -1.29. The van der Waals surface area contributed by atoms with Gasteiger partial charge in [0.1, 0.15) is 6.26 Å². The van der Waals surface area contributed by atoms with Crippen LogP contribution in [0.5, 0.6) is 0 Å². The van der Waals surface area contributed by atoms with Gasteiger partial charge in [0, 0.05) is 25.6 Å². The number of ether oxygens (including phenoxy) is 1. The molecule has 3 rings (SSSR count). The first-order chi connectivity index (χ1) is 8.75. The second-order valence-corrected chi connectivity index (χ2v) is 5.43. The van der Waals surface area contributed by atoms with Crippen LogP contribution in [-0.2, 0) is 4.74 Å². The summed E-state index contributed by atoms with van der Waals surface area (Å²) < 4.78 is 10.5. The molecule has 0 aromatic carbocycles. The van der Waals surface area contributed by atoms with Gasteiger partial charge < -0.3 is 14.1 Å². The van der Waals surface area contributed by atoms with Crippen LogP contribution in [-0.4, -0.2) is 37.1 Å². The summed E-state index contributed by atoms with van der Waals surface area (Å²) in [5.41, 5.74) is 1.00. The summed E-state index contributed by atoms with van der Waals surface area (Å²) >= 11 is 0. The van der Waals surface area contributed by atoms with Crippen LogP contribution < -0.4 is 0 Å². The molecule has 1 spiro atoms. The van der Waals surface area contributed by atoms with E-state index in [9.17, 15) is 4.79 Å². The van der Waals surface area contributed by atoms with Gasteiger partial charge in [0.15, 0.2) is 0 Å². The van der Waals surface area contributed by atoms with Gasteiger partial charge in [0.05, 0.1) is 17.9 Å². The molecule has 1 saturated carbocycles. The number of nitrogens with zero attached hydrogens (tertiary/aromatic N) is 1. The van der Waals surface area contributed by atoms with Crippen molar-refractivity contribution in [2.24, 2.45) is 5.41 Å². The third kappa shape index (κ3) is 1.75. The summed E-state index contributed by atoms with van der Waals surface area (Å²) in [5.74, 6) is 0.0897. The van der Waals surface area contributed by atoms with Crippen molar-refractivity contribution in [1.82, 2.24) is 4.90 Å². The number of amides is 1. The van der Waals surface area contributed by atoms with Crippen LogP contribution in [0.3, 0.4) is 0 Å². The molecule has 4 heteroatoms. The fourth-order valence-electron chi connectivity index (χ4n) is 3.33. The minimum Gasteiger partial charge on any atom is -0.472 e. The molecule has 18 heavy (non-hydrogen) atoms. The minimum atomic E-state index is 0.0897. The first-order valence-corrected chi connectivity index (χ1v) is 6.59. The lowest BCUT2D eigenvalue weighted by atomic mass is 9.61. The van der Waals surface area contributed by atoms with Gasteiger partial charge in [-0.3, -0.25) is 4.79 Å². The third-order valence-corrected chi connectivity index (χ3v) is 4.69. The van der Waals surface area contributed by atoms with E-state index in [0.29, 0.717) is 17.1 Å².